The van der Waals surface area contributed by atoms with E-state index in [1.54, 1.807) is 0 Å². The minimum atomic E-state index is -0.309. The zero-order valence-electron chi connectivity index (χ0n) is 17.9. The number of hydrogen-bond donors (Lipinski definition) is 2. The third kappa shape index (κ3) is 5.58. The normalized spacial score (nSPS) is 16.2. The maximum atomic E-state index is 12.8. The number of rotatable bonds is 8. The van der Waals surface area contributed by atoms with E-state index in [-0.39, 0.29) is 11.9 Å². The Balaban J connectivity index is 1.63. The van der Waals surface area contributed by atoms with Crippen molar-refractivity contribution in [3.63, 3.8) is 0 Å². The van der Waals surface area contributed by atoms with Gasteiger partial charge in [-0.1, -0.05) is 24.3 Å². The second kappa shape index (κ2) is 9.90. The van der Waals surface area contributed by atoms with Crippen molar-refractivity contribution in [1.29, 1.82) is 0 Å². The van der Waals surface area contributed by atoms with Crippen molar-refractivity contribution in [2.24, 2.45) is 0 Å². The van der Waals surface area contributed by atoms with E-state index < -0.39 is 0 Å². The Morgan fingerprint density at radius 2 is 1.83 bits per heavy atom. The van der Waals surface area contributed by atoms with Crippen LogP contribution in [0.4, 0.5) is 0 Å². The molecule has 2 aromatic carbocycles. The SMILES string of the molecule is CC(C)N(CCNC(=O)C1NCCc2cc(Oc3ccccc3)ccc21)C(C)C. The standard InChI is InChI=1S/C24H33N3O2/c1-17(2)27(18(3)4)15-14-26-24(28)23-22-11-10-21(16-19(22)12-13-25-23)29-20-8-6-5-7-9-20/h5-11,16-18,23,25H,12-15H2,1-4H3,(H,26,28). The van der Waals surface area contributed by atoms with Crippen molar-refractivity contribution in [3.05, 3.63) is 59.7 Å². The van der Waals surface area contributed by atoms with E-state index in [4.69, 9.17) is 4.74 Å². The van der Waals surface area contributed by atoms with Crippen LogP contribution in [0.1, 0.15) is 44.9 Å². The van der Waals surface area contributed by atoms with Gasteiger partial charge in [0.2, 0.25) is 5.91 Å². The van der Waals surface area contributed by atoms with Crippen molar-refractivity contribution < 1.29 is 9.53 Å². The van der Waals surface area contributed by atoms with Gasteiger partial charge < -0.3 is 15.4 Å². The van der Waals surface area contributed by atoms with E-state index in [0.29, 0.717) is 18.6 Å². The van der Waals surface area contributed by atoms with Crippen LogP contribution >= 0.6 is 0 Å². The first kappa shape index (κ1) is 21.3. The predicted molar refractivity (Wildman–Crippen MR) is 117 cm³/mol. The highest BCUT2D eigenvalue weighted by Crippen LogP contribution is 2.29. The van der Waals surface area contributed by atoms with Crippen LogP contribution in [0.3, 0.4) is 0 Å². The van der Waals surface area contributed by atoms with Crippen LogP contribution in [-0.4, -0.2) is 42.5 Å². The smallest absolute Gasteiger partial charge is 0.241 e. The second-order valence-corrected chi connectivity index (χ2v) is 8.13. The molecule has 156 valence electrons. The Morgan fingerprint density at radius 1 is 1.10 bits per heavy atom. The number of fused-ring (bicyclic) bond motifs is 1. The van der Waals surface area contributed by atoms with Gasteiger partial charge in [-0.15, -0.1) is 0 Å². The van der Waals surface area contributed by atoms with Crippen LogP contribution in [-0.2, 0) is 11.2 Å². The van der Waals surface area contributed by atoms with E-state index in [0.717, 1.165) is 36.6 Å². The van der Waals surface area contributed by atoms with Crippen molar-refractivity contribution in [2.45, 2.75) is 52.2 Å². The van der Waals surface area contributed by atoms with E-state index in [1.165, 1.54) is 5.56 Å². The first-order valence-electron chi connectivity index (χ1n) is 10.6. The van der Waals surface area contributed by atoms with Gasteiger partial charge in [-0.2, -0.15) is 0 Å². The molecule has 2 aromatic rings. The third-order valence-corrected chi connectivity index (χ3v) is 5.41. The molecule has 3 rings (SSSR count). The van der Waals surface area contributed by atoms with Gasteiger partial charge in [-0.05, 0) is 69.5 Å². The number of benzene rings is 2. The zero-order valence-corrected chi connectivity index (χ0v) is 17.9. The second-order valence-electron chi connectivity index (χ2n) is 8.13. The number of para-hydroxylation sites is 1. The average molecular weight is 396 g/mol. The number of carbonyl (C=O) groups excluding carboxylic acids is 1. The van der Waals surface area contributed by atoms with Gasteiger partial charge in [-0.3, -0.25) is 9.69 Å². The maximum absolute atomic E-state index is 12.8. The van der Waals surface area contributed by atoms with Gasteiger partial charge in [-0.25, -0.2) is 0 Å². The lowest BCUT2D eigenvalue weighted by atomic mass is 9.93. The number of nitrogens with zero attached hydrogens (tertiary/aromatic N) is 1. The van der Waals surface area contributed by atoms with Gasteiger partial charge in [0.05, 0.1) is 0 Å². The van der Waals surface area contributed by atoms with Gasteiger partial charge in [0.25, 0.3) is 0 Å². The number of hydrogen-bond acceptors (Lipinski definition) is 4. The molecule has 0 aliphatic carbocycles. The highest BCUT2D eigenvalue weighted by Gasteiger charge is 2.26. The summed E-state index contributed by atoms with van der Waals surface area (Å²) in [6.07, 6.45) is 0.888. The Labute approximate surface area is 174 Å². The Bertz CT molecular complexity index is 797. The minimum Gasteiger partial charge on any atom is -0.457 e. The lowest BCUT2D eigenvalue weighted by Crippen LogP contribution is -2.46. The molecule has 2 N–H and O–H groups in total. The molecule has 1 amide bonds. The topological polar surface area (TPSA) is 53.6 Å². The molecule has 1 aliphatic heterocycles. The number of nitrogens with one attached hydrogen (secondary N) is 2. The lowest BCUT2D eigenvalue weighted by molar-refractivity contribution is -0.123. The number of amides is 1. The van der Waals surface area contributed by atoms with E-state index >= 15 is 0 Å². The monoisotopic (exact) mass is 395 g/mol. The molecular weight excluding hydrogens is 362 g/mol. The zero-order chi connectivity index (χ0) is 20.8. The van der Waals surface area contributed by atoms with E-state index in [2.05, 4.69) is 49.3 Å². The summed E-state index contributed by atoms with van der Waals surface area (Å²) in [5.41, 5.74) is 2.21. The number of carbonyl (C=O) groups is 1. The predicted octanol–water partition coefficient (Wildman–Crippen LogP) is 3.90. The summed E-state index contributed by atoms with van der Waals surface area (Å²) in [6.45, 7) is 11.0. The molecule has 1 heterocycles. The molecule has 0 fully saturated rings. The summed E-state index contributed by atoms with van der Waals surface area (Å²) in [7, 11) is 0. The molecule has 0 saturated carbocycles. The Hall–Kier alpha value is -2.37. The average Bonchev–Trinajstić information content (AvgIpc) is 2.70. The van der Waals surface area contributed by atoms with Crippen LogP contribution < -0.4 is 15.4 Å². The molecule has 29 heavy (non-hydrogen) atoms. The summed E-state index contributed by atoms with van der Waals surface area (Å²) in [5, 5.41) is 6.48. The largest absolute Gasteiger partial charge is 0.457 e. The Morgan fingerprint density at radius 3 is 2.52 bits per heavy atom. The lowest BCUT2D eigenvalue weighted by Gasteiger charge is -2.31. The fourth-order valence-electron chi connectivity index (χ4n) is 3.99. The van der Waals surface area contributed by atoms with Crippen LogP contribution in [0.5, 0.6) is 11.5 Å². The fourth-order valence-corrected chi connectivity index (χ4v) is 3.99. The first-order valence-corrected chi connectivity index (χ1v) is 10.6. The highest BCUT2D eigenvalue weighted by atomic mass is 16.5. The van der Waals surface area contributed by atoms with E-state index in [9.17, 15) is 4.79 Å². The quantitative estimate of drug-likeness (QED) is 0.712. The van der Waals surface area contributed by atoms with Crippen molar-refractivity contribution in [2.75, 3.05) is 19.6 Å². The summed E-state index contributed by atoms with van der Waals surface area (Å²) in [6, 6.07) is 16.4. The minimum absolute atomic E-state index is 0.0372. The van der Waals surface area contributed by atoms with Crippen LogP contribution in [0.25, 0.3) is 0 Å². The number of ether oxygens (including phenoxy) is 1. The molecule has 0 bridgehead atoms. The maximum Gasteiger partial charge on any atom is 0.241 e. The molecule has 1 aliphatic rings. The summed E-state index contributed by atoms with van der Waals surface area (Å²) in [5.74, 6) is 1.66. The van der Waals surface area contributed by atoms with Gasteiger partial charge in [0.1, 0.15) is 17.5 Å². The van der Waals surface area contributed by atoms with Crippen LogP contribution in [0.15, 0.2) is 48.5 Å². The molecule has 0 spiro atoms. The van der Waals surface area contributed by atoms with Crippen LogP contribution in [0.2, 0.25) is 0 Å². The van der Waals surface area contributed by atoms with Crippen molar-refractivity contribution >= 4 is 5.91 Å². The van der Waals surface area contributed by atoms with Crippen molar-refractivity contribution in [3.8, 4) is 11.5 Å². The molecular formula is C24H33N3O2. The summed E-state index contributed by atoms with van der Waals surface area (Å²) >= 11 is 0. The molecule has 0 radical (unpaired) electrons. The molecule has 1 unspecified atom stereocenters. The molecule has 5 heteroatoms. The molecule has 1 atom stereocenters. The van der Waals surface area contributed by atoms with Gasteiger partial charge >= 0.3 is 0 Å². The van der Waals surface area contributed by atoms with Crippen LogP contribution in [0, 0.1) is 0 Å². The van der Waals surface area contributed by atoms with Gasteiger partial charge in [0.15, 0.2) is 0 Å². The summed E-state index contributed by atoms with van der Waals surface area (Å²) in [4.78, 5) is 15.2. The first-order chi connectivity index (χ1) is 14.0. The Kier molecular flexibility index (Phi) is 7.29. The molecule has 0 saturated heterocycles. The van der Waals surface area contributed by atoms with Gasteiger partial charge in [0, 0.05) is 31.7 Å². The molecule has 5 nitrogen and oxygen atoms in total. The van der Waals surface area contributed by atoms with E-state index in [1.807, 2.05) is 42.5 Å². The fraction of sp³-hybridized carbons (Fsp3) is 0.458. The molecule has 0 aromatic heterocycles. The third-order valence-electron chi connectivity index (χ3n) is 5.41. The summed E-state index contributed by atoms with van der Waals surface area (Å²) < 4.78 is 5.95. The van der Waals surface area contributed by atoms with Crippen molar-refractivity contribution in [1.82, 2.24) is 15.5 Å². The highest BCUT2D eigenvalue weighted by molar-refractivity contribution is 5.84.